The van der Waals surface area contributed by atoms with Crippen molar-refractivity contribution in [1.82, 2.24) is 14.2 Å². The molecule has 0 saturated carbocycles. The van der Waals surface area contributed by atoms with E-state index in [1.54, 1.807) is 6.92 Å². The molecule has 44 heavy (non-hydrogen) atoms. The summed E-state index contributed by atoms with van der Waals surface area (Å²) in [7, 11) is 0.0782. The Kier molecular flexibility index (Phi) is 10.2. The van der Waals surface area contributed by atoms with Gasteiger partial charge in [-0.25, -0.2) is 9.65 Å². The van der Waals surface area contributed by atoms with E-state index < -0.39 is 14.6 Å². The van der Waals surface area contributed by atoms with Crippen LogP contribution in [0.1, 0.15) is 57.7 Å². The quantitative estimate of drug-likeness (QED) is 0.187. The third-order valence-electron chi connectivity index (χ3n) is 7.62. The number of hydrogen-bond donors (Lipinski definition) is 1. The molecule has 2 aromatic carbocycles. The van der Waals surface area contributed by atoms with Crippen LogP contribution in [0.15, 0.2) is 71.8 Å². The van der Waals surface area contributed by atoms with Crippen molar-refractivity contribution in [2.24, 2.45) is 10.7 Å². The molecule has 1 aromatic heterocycles. The van der Waals surface area contributed by atoms with Gasteiger partial charge in [0.25, 0.3) is 0 Å². The summed E-state index contributed by atoms with van der Waals surface area (Å²) in [5.41, 5.74) is 8.10. The number of carbonyl (C=O) groups excluding carboxylic acids is 1. The molecule has 5 atom stereocenters. The number of likely N-dealkylation sites (N-methyl/N-ethyl adjacent to an activating group) is 1. The molecule has 234 valence electrons. The van der Waals surface area contributed by atoms with E-state index in [1.807, 2.05) is 94.0 Å². The molecule has 3 aromatic rings. The Bertz CT molecular complexity index is 1560. The lowest BCUT2D eigenvalue weighted by Gasteiger charge is -2.33. The fourth-order valence-corrected chi connectivity index (χ4v) is 6.73. The number of nitrogens with two attached hydrogens (primary N) is 1. The van der Waals surface area contributed by atoms with E-state index in [0.29, 0.717) is 37.0 Å². The third kappa shape index (κ3) is 6.89. The zero-order chi connectivity index (χ0) is 31.4. The molecule has 1 aliphatic heterocycles. The van der Waals surface area contributed by atoms with E-state index in [0.717, 1.165) is 22.3 Å². The zero-order valence-corrected chi connectivity index (χ0v) is 27.1. The van der Waals surface area contributed by atoms with Crippen molar-refractivity contribution in [2.45, 2.75) is 78.0 Å². The summed E-state index contributed by atoms with van der Waals surface area (Å²) in [5, 5.41) is 2.02. The summed E-state index contributed by atoms with van der Waals surface area (Å²) >= 11 is 0. The first-order chi connectivity index (χ1) is 21.2. The summed E-state index contributed by atoms with van der Waals surface area (Å²) in [6.07, 6.45) is 7.65. The van der Waals surface area contributed by atoms with Crippen molar-refractivity contribution in [3.05, 3.63) is 84.0 Å². The molecule has 2 N–H and O–H groups in total. The molecular weight excluding hydrogens is 577 g/mol. The second-order valence-electron chi connectivity index (χ2n) is 11.3. The number of carbonyl (C=O) groups is 1. The standard InChI is InChI=1S/C33H42N5O5P/c1-7-40-20-29-36-30-31(26-16-10-11-17-27(26)35-32(30)34)38(29)19-22(4)42-44(37(6)23(5)33(39)41-21(2)3)43-28-18-12-14-24-13-8-9-15-25(24)28/h8-18,21-23,26-27H,7,19-20H2,1-6H3,(H2,34,35)/t22-,23+,26?,27?,44-/m1/s1. The topological polar surface area (TPSA) is 113 Å². The number of aliphatic imine (C=N–C) groups is 1. The molecule has 5 rings (SSSR count). The number of nitrogens with zero attached hydrogens (tertiary/aromatic N) is 4. The predicted molar refractivity (Wildman–Crippen MR) is 174 cm³/mol. The van der Waals surface area contributed by atoms with Crippen LogP contribution in [0.25, 0.3) is 10.8 Å². The Balaban J connectivity index is 1.46. The van der Waals surface area contributed by atoms with Crippen LogP contribution in [0.2, 0.25) is 0 Å². The van der Waals surface area contributed by atoms with Crippen LogP contribution in [0.3, 0.4) is 0 Å². The first-order valence-electron chi connectivity index (χ1n) is 15.1. The molecule has 0 spiro atoms. The summed E-state index contributed by atoms with van der Waals surface area (Å²) in [6.45, 7) is 10.8. The van der Waals surface area contributed by atoms with Crippen LogP contribution < -0.4 is 10.3 Å². The highest BCUT2D eigenvalue weighted by molar-refractivity contribution is 7.45. The van der Waals surface area contributed by atoms with Gasteiger partial charge in [-0.1, -0.05) is 60.7 Å². The van der Waals surface area contributed by atoms with Crippen LogP contribution in [0.5, 0.6) is 5.75 Å². The maximum Gasteiger partial charge on any atom is 0.323 e. The number of imidazole rings is 1. The van der Waals surface area contributed by atoms with Crippen LogP contribution in [-0.2, 0) is 31.9 Å². The minimum absolute atomic E-state index is 0.000629. The highest BCUT2D eigenvalue weighted by Gasteiger charge is 2.36. The summed E-state index contributed by atoms with van der Waals surface area (Å²) < 4.78 is 28.6. The van der Waals surface area contributed by atoms with E-state index in [-0.39, 0.29) is 30.1 Å². The molecule has 0 saturated heterocycles. The lowest BCUT2D eigenvalue weighted by molar-refractivity contribution is -0.151. The number of fused-ring (bicyclic) bond motifs is 4. The van der Waals surface area contributed by atoms with E-state index >= 15 is 0 Å². The Labute approximate surface area is 260 Å². The van der Waals surface area contributed by atoms with Crippen molar-refractivity contribution >= 4 is 31.1 Å². The van der Waals surface area contributed by atoms with Crippen molar-refractivity contribution in [2.75, 3.05) is 13.7 Å². The number of amidine groups is 1. The van der Waals surface area contributed by atoms with Gasteiger partial charge in [0.15, 0.2) is 0 Å². The Morgan fingerprint density at radius 3 is 2.61 bits per heavy atom. The summed E-state index contributed by atoms with van der Waals surface area (Å²) in [6, 6.07) is 13.3. The van der Waals surface area contributed by atoms with Crippen molar-refractivity contribution in [3.63, 3.8) is 0 Å². The number of rotatable bonds is 13. The molecular formula is C33H42N5O5P. The van der Waals surface area contributed by atoms with Crippen LogP contribution >= 0.6 is 8.53 Å². The largest absolute Gasteiger partial charge is 0.462 e. The van der Waals surface area contributed by atoms with Gasteiger partial charge in [0, 0.05) is 17.9 Å². The normalized spacial score (nSPS) is 19.4. The second-order valence-corrected chi connectivity index (χ2v) is 12.8. The van der Waals surface area contributed by atoms with E-state index in [9.17, 15) is 4.79 Å². The highest BCUT2D eigenvalue weighted by atomic mass is 31.2. The maximum absolute atomic E-state index is 13.0. The van der Waals surface area contributed by atoms with Gasteiger partial charge in [0.05, 0.1) is 30.5 Å². The number of aromatic nitrogens is 2. The lowest BCUT2D eigenvalue weighted by atomic mass is 9.88. The van der Waals surface area contributed by atoms with Crippen LogP contribution in [0, 0.1) is 0 Å². The first kappa shape index (κ1) is 31.9. The minimum atomic E-state index is -1.75. The van der Waals surface area contributed by atoms with E-state index in [1.165, 1.54) is 0 Å². The summed E-state index contributed by atoms with van der Waals surface area (Å²) in [4.78, 5) is 22.5. The van der Waals surface area contributed by atoms with Crippen molar-refractivity contribution < 1.29 is 23.3 Å². The molecule has 0 bridgehead atoms. The number of hydrogen-bond acceptors (Lipinski definition) is 9. The van der Waals surface area contributed by atoms with Crippen molar-refractivity contribution in [1.29, 1.82) is 0 Å². The van der Waals surface area contributed by atoms with Gasteiger partial charge >= 0.3 is 14.5 Å². The molecule has 0 fully saturated rings. The molecule has 0 amide bonds. The van der Waals surface area contributed by atoms with Gasteiger partial charge in [-0.05, 0) is 53.1 Å². The van der Waals surface area contributed by atoms with Gasteiger partial charge in [0.2, 0.25) is 0 Å². The van der Waals surface area contributed by atoms with Gasteiger partial charge < -0.3 is 28.8 Å². The minimum Gasteiger partial charge on any atom is -0.462 e. The smallest absolute Gasteiger partial charge is 0.323 e. The Morgan fingerprint density at radius 2 is 1.84 bits per heavy atom. The third-order valence-corrected chi connectivity index (χ3v) is 9.38. The first-order valence-corrected chi connectivity index (χ1v) is 16.2. The SMILES string of the molecule is CCOCc1nc2c(n1C[C@@H](C)O[P@](Oc1cccc3ccccc13)N(C)[C@@H](C)C(=O)OC(C)C)C1C=CC=CC1N=C2N. The number of esters is 1. The van der Waals surface area contributed by atoms with Crippen LogP contribution in [0.4, 0.5) is 0 Å². The molecule has 10 nitrogen and oxygen atoms in total. The molecule has 2 aliphatic rings. The predicted octanol–water partition coefficient (Wildman–Crippen LogP) is 5.85. The molecule has 11 heteroatoms. The lowest BCUT2D eigenvalue weighted by Crippen LogP contribution is -2.37. The zero-order valence-electron chi connectivity index (χ0n) is 26.2. The van der Waals surface area contributed by atoms with E-state index in [4.69, 9.17) is 34.2 Å². The maximum atomic E-state index is 13.0. The average molecular weight is 620 g/mol. The Hall–Kier alpha value is -3.56. The van der Waals surface area contributed by atoms with Gasteiger partial charge in [-0.15, -0.1) is 0 Å². The molecule has 1 aliphatic carbocycles. The molecule has 2 unspecified atom stereocenters. The van der Waals surface area contributed by atoms with Gasteiger partial charge in [0.1, 0.15) is 35.8 Å². The molecule has 0 radical (unpaired) electrons. The molecule has 2 heterocycles. The Morgan fingerprint density at radius 1 is 1.09 bits per heavy atom. The van der Waals surface area contributed by atoms with Gasteiger partial charge in [-0.2, -0.15) is 0 Å². The average Bonchev–Trinajstić information content (AvgIpc) is 3.37. The van der Waals surface area contributed by atoms with E-state index in [2.05, 4.69) is 16.7 Å². The monoisotopic (exact) mass is 619 g/mol. The number of allylic oxidation sites excluding steroid dienone is 2. The van der Waals surface area contributed by atoms with Crippen molar-refractivity contribution in [3.8, 4) is 5.75 Å². The second kappa shape index (κ2) is 14.0. The highest BCUT2D eigenvalue weighted by Crippen LogP contribution is 2.47. The fourth-order valence-electron chi connectivity index (χ4n) is 5.33. The fraction of sp³-hybridized carbons (Fsp3) is 0.424. The number of ether oxygens (including phenoxy) is 2. The summed E-state index contributed by atoms with van der Waals surface area (Å²) in [5.74, 6) is 1.52. The number of benzene rings is 2. The van der Waals surface area contributed by atoms with Gasteiger partial charge in [-0.3, -0.25) is 9.79 Å². The van der Waals surface area contributed by atoms with Crippen LogP contribution in [-0.4, -0.2) is 64.0 Å².